The van der Waals surface area contributed by atoms with Gasteiger partial charge in [0.2, 0.25) is 0 Å². The summed E-state index contributed by atoms with van der Waals surface area (Å²) in [5.74, 6) is -0.930. The van der Waals surface area contributed by atoms with Crippen molar-refractivity contribution in [3.63, 3.8) is 0 Å². The third kappa shape index (κ3) is 4.04. The second-order valence-electron chi connectivity index (χ2n) is 3.84. The smallest absolute Gasteiger partial charge is 0.441 e. The van der Waals surface area contributed by atoms with Crippen molar-refractivity contribution in [2.75, 3.05) is 18.1 Å². The number of carbonyl (C=O) groups excluding carboxylic acids is 1. The van der Waals surface area contributed by atoms with Gasteiger partial charge in [0.15, 0.2) is 0 Å². The number of rotatable bonds is 4. The molecule has 2 N–H and O–H groups in total. The van der Waals surface area contributed by atoms with Crippen LogP contribution in [0.5, 0.6) is 0 Å². The number of benzene rings is 1. The van der Waals surface area contributed by atoms with Crippen molar-refractivity contribution in [2.45, 2.75) is 5.51 Å². The number of alkyl halides is 3. The van der Waals surface area contributed by atoms with Crippen LogP contribution in [-0.2, 0) is 4.74 Å². The van der Waals surface area contributed by atoms with E-state index in [0.717, 1.165) is 10.1 Å². The predicted octanol–water partition coefficient (Wildman–Crippen LogP) is 3.89. The summed E-state index contributed by atoms with van der Waals surface area (Å²) < 4.78 is 41.4. The number of thiophene rings is 1. The number of nitrogen functional groups attached to an aromatic ring is 1. The molecule has 20 heavy (non-hydrogen) atoms. The highest BCUT2D eigenvalue weighted by Crippen LogP contribution is 2.30. The molecule has 108 valence electrons. The number of carbonyl (C=O) groups is 1. The molecule has 0 amide bonds. The zero-order valence-corrected chi connectivity index (χ0v) is 11.7. The zero-order valence-electron chi connectivity index (χ0n) is 10.1. The van der Waals surface area contributed by atoms with Gasteiger partial charge in [0, 0.05) is 16.1 Å². The van der Waals surface area contributed by atoms with E-state index in [9.17, 15) is 18.0 Å². The summed E-state index contributed by atoms with van der Waals surface area (Å²) in [5, 5.41) is 0.812. The van der Waals surface area contributed by atoms with E-state index in [4.69, 9.17) is 10.5 Å². The molecular weight excluding hydrogens is 311 g/mol. The first-order valence-corrected chi connectivity index (χ1v) is 7.32. The molecule has 3 nitrogen and oxygen atoms in total. The van der Waals surface area contributed by atoms with Gasteiger partial charge in [0.05, 0.1) is 0 Å². The average molecular weight is 321 g/mol. The second kappa shape index (κ2) is 5.92. The van der Waals surface area contributed by atoms with Crippen LogP contribution >= 0.6 is 23.1 Å². The highest BCUT2D eigenvalue weighted by Gasteiger charge is 2.27. The number of thioether (sulfide) groups is 1. The maximum Gasteiger partial charge on any atom is 0.441 e. The molecule has 1 aromatic carbocycles. The van der Waals surface area contributed by atoms with Crippen molar-refractivity contribution in [2.24, 2.45) is 0 Å². The fraction of sp³-hybridized carbons (Fsp3) is 0.250. The molecular formula is C12H10F3NO2S2. The highest BCUT2D eigenvalue weighted by molar-refractivity contribution is 8.00. The number of halogens is 3. The van der Waals surface area contributed by atoms with Crippen molar-refractivity contribution in [1.82, 2.24) is 0 Å². The van der Waals surface area contributed by atoms with Gasteiger partial charge in [-0.3, -0.25) is 0 Å². The summed E-state index contributed by atoms with van der Waals surface area (Å²) in [6.45, 7) is -0.278. The SMILES string of the molecule is Nc1ccc2sc(C(=O)OCCSC(F)(F)F)cc2c1. The lowest BCUT2D eigenvalue weighted by atomic mass is 10.2. The third-order valence-electron chi connectivity index (χ3n) is 2.32. The van der Waals surface area contributed by atoms with Crippen molar-refractivity contribution >= 4 is 44.8 Å². The average Bonchev–Trinajstić information content (AvgIpc) is 2.76. The molecule has 0 aliphatic heterocycles. The summed E-state index contributed by atoms with van der Waals surface area (Å²) in [7, 11) is 0. The van der Waals surface area contributed by atoms with Crippen LogP contribution in [0.3, 0.4) is 0 Å². The molecule has 1 aromatic heterocycles. The monoisotopic (exact) mass is 321 g/mol. The molecule has 0 radical (unpaired) electrons. The van der Waals surface area contributed by atoms with Crippen LogP contribution in [0.25, 0.3) is 10.1 Å². The van der Waals surface area contributed by atoms with Gasteiger partial charge in [0.25, 0.3) is 0 Å². The number of nitrogens with two attached hydrogens (primary N) is 1. The topological polar surface area (TPSA) is 52.3 Å². The lowest BCUT2D eigenvalue weighted by Crippen LogP contribution is -2.09. The Balaban J connectivity index is 1.94. The molecule has 0 unspecified atom stereocenters. The molecule has 0 spiro atoms. The number of ether oxygens (including phenoxy) is 1. The second-order valence-corrected chi connectivity index (χ2v) is 6.08. The van der Waals surface area contributed by atoms with Gasteiger partial charge >= 0.3 is 11.5 Å². The van der Waals surface area contributed by atoms with Crippen molar-refractivity contribution in [3.05, 3.63) is 29.1 Å². The zero-order chi connectivity index (χ0) is 14.8. The number of esters is 1. The molecule has 0 saturated carbocycles. The molecule has 0 bridgehead atoms. The molecule has 0 aliphatic carbocycles. The Morgan fingerprint density at radius 2 is 2.10 bits per heavy atom. The van der Waals surface area contributed by atoms with E-state index in [0.29, 0.717) is 10.6 Å². The standard InChI is InChI=1S/C12H10F3NO2S2/c13-12(14,15)19-4-3-18-11(17)10-6-7-5-8(16)1-2-9(7)20-10/h1-2,5-6H,3-4,16H2. The Kier molecular flexibility index (Phi) is 4.44. The first-order valence-electron chi connectivity index (χ1n) is 5.52. The molecule has 1 heterocycles. The summed E-state index contributed by atoms with van der Waals surface area (Å²) in [6, 6.07) is 6.84. The molecule has 0 fully saturated rings. The quantitative estimate of drug-likeness (QED) is 0.527. The largest absolute Gasteiger partial charge is 0.461 e. The molecule has 8 heteroatoms. The van der Waals surface area contributed by atoms with Crippen LogP contribution in [0.15, 0.2) is 24.3 Å². The minimum Gasteiger partial charge on any atom is -0.461 e. The number of hydrogen-bond acceptors (Lipinski definition) is 5. The van der Waals surface area contributed by atoms with E-state index in [2.05, 4.69) is 0 Å². The minimum absolute atomic E-state index is 0.213. The molecule has 2 aromatic rings. The normalized spacial score (nSPS) is 11.8. The van der Waals surface area contributed by atoms with Gasteiger partial charge in [-0.05, 0) is 41.4 Å². The fourth-order valence-corrected chi connectivity index (χ4v) is 2.86. The van der Waals surface area contributed by atoms with Gasteiger partial charge in [-0.1, -0.05) is 0 Å². The lowest BCUT2D eigenvalue weighted by molar-refractivity contribution is -0.0331. The van der Waals surface area contributed by atoms with Crippen molar-refractivity contribution in [3.8, 4) is 0 Å². The van der Waals surface area contributed by atoms with Crippen molar-refractivity contribution in [1.29, 1.82) is 0 Å². The highest BCUT2D eigenvalue weighted by atomic mass is 32.2. The van der Waals surface area contributed by atoms with E-state index in [1.54, 1.807) is 24.3 Å². The number of anilines is 1. The predicted molar refractivity (Wildman–Crippen MR) is 75.0 cm³/mol. The van der Waals surface area contributed by atoms with Crippen LogP contribution in [0.1, 0.15) is 9.67 Å². The van der Waals surface area contributed by atoms with E-state index < -0.39 is 11.5 Å². The Morgan fingerprint density at radius 1 is 1.35 bits per heavy atom. The molecule has 0 saturated heterocycles. The Hall–Kier alpha value is -1.41. The number of fused-ring (bicyclic) bond motifs is 1. The van der Waals surface area contributed by atoms with E-state index >= 15 is 0 Å². The minimum atomic E-state index is -4.30. The summed E-state index contributed by atoms with van der Waals surface area (Å²) in [6.07, 6.45) is 0. The van der Waals surface area contributed by atoms with E-state index in [1.807, 2.05) is 0 Å². The van der Waals surface area contributed by atoms with Gasteiger partial charge in [-0.15, -0.1) is 11.3 Å². The maximum atomic E-state index is 11.9. The van der Waals surface area contributed by atoms with Crippen LogP contribution < -0.4 is 5.73 Å². The summed E-state index contributed by atoms with van der Waals surface area (Å²) in [4.78, 5) is 12.0. The van der Waals surface area contributed by atoms with E-state index in [1.165, 1.54) is 11.3 Å². The van der Waals surface area contributed by atoms with E-state index in [-0.39, 0.29) is 24.1 Å². The fourth-order valence-electron chi connectivity index (χ4n) is 1.53. The first kappa shape index (κ1) is 15.0. The molecule has 2 rings (SSSR count). The van der Waals surface area contributed by atoms with Crippen molar-refractivity contribution < 1.29 is 22.7 Å². The molecule has 0 atom stereocenters. The van der Waals surface area contributed by atoms with Gasteiger partial charge in [0.1, 0.15) is 11.5 Å². The maximum absolute atomic E-state index is 11.9. The Morgan fingerprint density at radius 3 is 2.80 bits per heavy atom. The lowest BCUT2D eigenvalue weighted by Gasteiger charge is -2.05. The van der Waals surface area contributed by atoms with Gasteiger partial charge in [-0.25, -0.2) is 4.79 Å². The van der Waals surface area contributed by atoms with Crippen LogP contribution in [0, 0.1) is 0 Å². The van der Waals surface area contributed by atoms with Gasteiger partial charge in [-0.2, -0.15) is 13.2 Å². The Labute approximate surface area is 120 Å². The van der Waals surface area contributed by atoms with Crippen LogP contribution in [0.2, 0.25) is 0 Å². The summed E-state index contributed by atoms with van der Waals surface area (Å²) >= 11 is 1.01. The molecule has 0 aliphatic rings. The Bertz CT molecular complexity index is 625. The van der Waals surface area contributed by atoms with Crippen LogP contribution in [0.4, 0.5) is 18.9 Å². The first-order chi connectivity index (χ1) is 9.35. The summed E-state index contributed by atoms with van der Waals surface area (Å²) in [5.41, 5.74) is 1.90. The number of hydrogen-bond donors (Lipinski definition) is 1. The van der Waals surface area contributed by atoms with Gasteiger partial charge < -0.3 is 10.5 Å². The van der Waals surface area contributed by atoms with Crippen LogP contribution in [-0.4, -0.2) is 23.8 Å². The third-order valence-corrected chi connectivity index (χ3v) is 4.12.